The number of rotatable bonds is 8. The van der Waals surface area contributed by atoms with Crippen LogP contribution in [-0.4, -0.2) is 116 Å². The summed E-state index contributed by atoms with van der Waals surface area (Å²) in [5.74, 6) is -5.31. The maximum Gasteiger partial charge on any atom is 0.411 e. The van der Waals surface area contributed by atoms with E-state index in [1.165, 1.54) is 23.6 Å². The summed E-state index contributed by atoms with van der Waals surface area (Å²) in [4.78, 5) is 57.9. The van der Waals surface area contributed by atoms with Crippen LogP contribution in [-0.2, 0) is 38.1 Å². The van der Waals surface area contributed by atoms with Gasteiger partial charge in [0.1, 0.15) is 29.6 Å². The van der Waals surface area contributed by atoms with Crippen LogP contribution < -0.4 is 11.5 Å². The molecule has 13 atom stereocenters. The highest BCUT2D eigenvalue weighted by atomic mass is 16.7. The van der Waals surface area contributed by atoms with E-state index in [0.29, 0.717) is 17.8 Å². The first kappa shape index (κ1) is 42.9. The zero-order chi connectivity index (χ0) is 41.3. The number of aliphatic hydroxyl groups is 1. The van der Waals surface area contributed by atoms with E-state index in [1.807, 2.05) is 19.1 Å². The van der Waals surface area contributed by atoms with Gasteiger partial charge in [-0.2, -0.15) is 0 Å². The largest absolute Gasteiger partial charge is 0.458 e. The van der Waals surface area contributed by atoms with E-state index < -0.39 is 89.4 Å². The highest BCUT2D eigenvalue weighted by Gasteiger charge is 2.60. The second kappa shape index (κ2) is 17.1. The fourth-order valence-corrected chi connectivity index (χ4v) is 8.66. The molecule has 0 spiro atoms. The lowest BCUT2D eigenvalue weighted by molar-refractivity contribution is -0.288. The monoisotopic (exact) mass is 782 g/mol. The number of aromatic nitrogens is 3. The molecule has 16 nitrogen and oxygen atoms in total. The van der Waals surface area contributed by atoms with Crippen molar-refractivity contribution >= 4 is 35.5 Å². The number of nitrogen functional groups attached to an aromatic ring is 1. The average Bonchev–Trinajstić information content (AvgIpc) is 3.74. The molecule has 1 aromatic carbocycles. The highest BCUT2D eigenvalue weighted by molar-refractivity contribution is 6.00. The van der Waals surface area contributed by atoms with Gasteiger partial charge in [0.05, 0.1) is 30.0 Å². The third-order valence-corrected chi connectivity index (χ3v) is 11.8. The number of carbonyl (C=O) groups excluding carboxylic acids is 4. The number of carbonyl (C=O) groups is 4. The number of nitrogens with two attached hydrogens (primary N) is 2. The van der Waals surface area contributed by atoms with Gasteiger partial charge in [-0.25, -0.2) is 9.48 Å². The Bertz CT molecular complexity index is 1790. The molecule has 0 bridgehead atoms. The maximum atomic E-state index is 14.6. The summed E-state index contributed by atoms with van der Waals surface area (Å²) in [5, 5.41) is 19.4. The molecule has 5 rings (SSSR count). The lowest BCUT2D eigenvalue weighted by Gasteiger charge is -2.46. The first-order valence-electron chi connectivity index (χ1n) is 19.4. The molecule has 3 saturated heterocycles. The number of methoxy groups -OCH3 is 1. The Morgan fingerprint density at radius 2 is 1.79 bits per heavy atom. The van der Waals surface area contributed by atoms with Crippen LogP contribution in [0.25, 0.3) is 17.5 Å². The predicted octanol–water partition coefficient (Wildman–Crippen LogP) is 3.60. The zero-order valence-corrected chi connectivity index (χ0v) is 33.8. The molecule has 3 aliphatic heterocycles. The van der Waals surface area contributed by atoms with E-state index in [-0.39, 0.29) is 31.3 Å². The molecule has 56 heavy (non-hydrogen) atoms. The van der Waals surface area contributed by atoms with Gasteiger partial charge in [0, 0.05) is 54.9 Å². The minimum atomic E-state index is -1.48. The van der Waals surface area contributed by atoms with Gasteiger partial charge in [0.15, 0.2) is 17.7 Å². The summed E-state index contributed by atoms with van der Waals surface area (Å²) in [5.41, 5.74) is 11.3. The summed E-state index contributed by atoms with van der Waals surface area (Å²) in [6.07, 6.45) is 0.187. The SMILES string of the molecule is CC[C@H]1OC(=O)[C@H](C)C(=O)[C@H](C)[C@@H](O[C@@H]2O[C@H](C)CC(N)C2O)[C@](C)(OC)C[C@@H](C)C(=O)[C@H](C)[C@H]2N(CC=Cn3cc(-c4cccc(N)c4)nn3)C(=O)O[C@]12C. The fourth-order valence-electron chi connectivity index (χ4n) is 8.66. The Balaban J connectivity index is 1.49. The van der Waals surface area contributed by atoms with Crippen molar-refractivity contribution in [3.63, 3.8) is 0 Å². The van der Waals surface area contributed by atoms with Crippen LogP contribution in [0.15, 0.2) is 36.5 Å². The quantitative estimate of drug-likeness (QED) is 0.198. The van der Waals surface area contributed by atoms with Gasteiger partial charge in [-0.15, -0.1) is 5.10 Å². The molecule has 0 radical (unpaired) electrons. The van der Waals surface area contributed by atoms with Crippen LogP contribution in [0.3, 0.4) is 0 Å². The minimum absolute atomic E-state index is 0.0192. The van der Waals surface area contributed by atoms with Crippen LogP contribution >= 0.6 is 0 Å². The fraction of sp³-hybridized carbons (Fsp3) is 0.650. The summed E-state index contributed by atoms with van der Waals surface area (Å²) >= 11 is 0. The molecule has 0 saturated carbocycles. The molecule has 0 aliphatic carbocycles. The van der Waals surface area contributed by atoms with E-state index in [1.54, 1.807) is 72.1 Å². The van der Waals surface area contributed by atoms with E-state index >= 15 is 0 Å². The van der Waals surface area contributed by atoms with Gasteiger partial charge in [-0.1, -0.05) is 45.0 Å². The molecule has 1 aromatic heterocycles. The Morgan fingerprint density at radius 1 is 1.07 bits per heavy atom. The van der Waals surface area contributed by atoms with Crippen molar-refractivity contribution in [2.45, 2.75) is 129 Å². The molecule has 3 aliphatic rings. The van der Waals surface area contributed by atoms with Gasteiger partial charge >= 0.3 is 12.1 Å². The normalized spacial score (nSPS) is 37.6. The van der Waals surface area contributed by atoms with Crippen molar-refractivity contribution in [1.29, 1.82) is 0 Å². The van der Waals surface area contributed by atoms with Crippen LogP contribution in [0, 0.1) is 23.7 Å². The first-order chi connectivity index (χ1) is 26.3. The van der Waals surface area contributed by atoms with Crippen LogP contribution in [0.5, 0.6) is 0 Å². The third-order valence-electron chi connectivity index (χ3n) is 11.8. The number of ether oxygens (including phenoxy) is 5. The number of ketones is 2. The Morgan fingerprint density at radius 3 is 2.45 bits per heavy atom. The molecule has 2 aromatic rings. The molecule has 1 amide bonds. The van der Waals surface area contributed by atoms with Gasteiger partial charge in [0.25, 0.3) is 0 Å². The summed E-state index contributed by atoms with van der Waals surface area (Å²) in [6, 6.07) is 5.71. The van der Waals surface area contributed by atoms with Crippen molar-refractivity contribution in [1.82, 2.24) is 19.9 Å². The molecular weight excluding hydrogens is 724 g/mol. The number of Topliss-reactive ketones (excluding diaryl/α,β-unsaturated/α-hetero) is 2. The van der Waals surface area contributed by atoms with Crippen molar-refractivity contribution in [2.75, 3.05) is 19.4 Å². The number of anilines is 1. The summed E-state index contributed by atoms with van der Waals surface area (Å²) in [6.45, 7) is 13.6. The number of benzene rings is 1. The van der Waals surface area contributed by atoms with Gasteiger partial charge in [-0.05, 0) is 65.2 Å². The van der Waals surface area contributed by atoms with E-state index in [2.05, 4.69) is 10.3 Å². The third kappa shape index (κ3) is 8.54. The number of hydrogen-bond acceptors (Lipinski definition) is 14. The van der Waals surface area contributed by atoms with E-state index in [4.69, 9.17) is 35.2 Å². The minimum Gasteiger partial charge on any atom is -0.458 e. The highest BCUT2D eigenvalue weighted by Crippen LogP contribution is 2.43. The van der Waals surface area contributed by atoms with Crippen molar-refractivity contribution in [3.05, 3.63) is 36.5 Å². The Kier molecular flexibility index (Phi) is 13.1. The Labute approximate surface area is 328 Å². The zero-order valence-electron chi connectivity index (χ0n) is 33.8. The lowest BCUT2D eigenvalue weighted by Crippen LogP contribution is -2.60. The number of hydrogen-bond donors (Lipinski definition) is 3. The van der Waals surface area contributed by atoms with E-state index in [0.717, 1.165) is 5.56 Å². The second-order valence-corrected chi connectivity index (χ2v) is 16.1. The Hall–Kier alpha value is -4.22. The number of fused-ring (bicyclic) bond motifs is 1. The number of esters is 1. The number of aliphatic hydroxyl groups excluding tert-OH is 1. The van der Waals surface area contributed by atoms with Crippen LogP contribution in [0.1, 0.15) is 74.7 Å². The van der Waals surface area contributed by atoms with Crippen LogP contribution in [0.2, 0.25) is 0 Å². The van der Waals surface area contributed by atoms with Gasteiger partial charge < -0.3 is 40.3 Å². The average molecular weight is 783 g/mol. The smallest absolute Gasteiger partial charge is 0.411 e. The molecule has 2 unspecified atom stereocenters. The molecular formula is C40H58N6O10. The molecule has 16 heteroatoms. The van der Waals surface area contributed by atoms with Crippen molar-refractivity contribution in [3.8, 4) is 11.3 Å². The second-order valence-electron chi connectivity index (χ2n) is 16.1. The predicted molar refractivity (Wildman–Crippen MR) is 205 cm³/mol. The van der Waals surface area contributed by atoms with Crippen molar-refractivity contribution in [2.24, 2.45) is 29.4 Å². The van der Waals surface area contributed by atoms with Gasteiger partial charge in [0.2, 0.25) is 0 Å². The molecule has 5 N–H and O–H groups in total. The standard InChI is InChI=1S/C40H58N6O10/c1-10-30-40(8)34(46(38(51)56-40)16-12-15-45-20-29(43-44-45)26-13-11-14-27(41)18-26)23(4)31(47)21(2)19-39(7,52-9)35(24(5)32(48)25(6)36(50)54-30)55-37-33(49)28(42)17-22(3)53-37/h11-15,18,20-25,28,30,33-35,37,49H,10,16-17,19,41-42H2,1-9H3/t21-,22-,23+,24+,25-,28?,30-,33?,34-,35-,37+,39-,40-/m1/s1. The first-order valence-corrected chi connectivity index (χ1v) is 19.4. The van der Waals surface area contributed by atoms with Crippen LogP contribution in [0.4, 0.5) is 10.5 Å². The number of cyclic esters (lactones) is 1. The van der Waals surface area contributed by atoms with Gasteiger partial charge in [-0.3, -0.25) is 19.3 Å². The molecule has 3 fully saturated rings. The maximum absolute atomic E-state index is 14.6. The number of nitrogens with zero attached hydrogens (tertiary/aromatic N) is 4. The topological polar surface area (TPSA) is 221 Å². The lowest BCUT2D eigenvalue weighted by atomic mass is 9.73. The molecule has 4 heterocycles. The summed E-state index contributed by atoms with van der Waals surface area (Å²) in [7, 11) is 1.45. The number of amides is 1. The van der Waals surface area contributed by atoms with E-state index in [9.17, 15) is 24.3 Å². The van der Waals surface area contributed by atoms with Crippen molar-refractivity contribution < 1.29 is 48.0 Å². The molecule has 308 valence electrons. The summed E-state index contributed by atoms with van der Waals surface area (Å²) < 4.78 is 32.1.